The molecule has 0 saturated carbocycles. The molecule has 1 aromatic heterocycles. The largest absolute Gasteiger partial charge is 0.497 e. The van der Waals surface area contributed by atoms with Gasteiger partial charge in [-0.15, -0.1) is 0 Å². The second-order valence-corrected chi connectivity index (χ2v) is 4.31. The van der Waals surface area contributed by atoms with Crippen molar-refractivity contribution in [3.63, 3.8) is 0 Å². The van der Waals surface area contributed by atoms with E-state index in [1.54, 1.807) is 25.6 Å². The Kier molecular flexibility index (Phi) is 4.55. The zero-order valence-electron chi connectivity index (χ0n) is 11.5. The van der Waals surface area contributed by atoms with Gasteiger partial charge in [0.2, 0.25) is 5.91 Å². The van der Waals surface area contributed by atoms with Gasteiger partial charge in [0.05, 0.1) is 13.2 Å². The van der Waals surface area contributed by atoms with Crippen LogP contribution in [-0.4, -0.2) is 23.0 Å². The summed E-state index contributed by atoms with van der Waals surface area (Å²) in [4.78, 5) is 18.9. The second kappa shape index (κ2) is 6.56. The number of rotatable bonds is 5. The van der Waals surface area contributed by atoms with E-state index in [4.69, 9.17) is 4.74 Å². The maximum atomic E-state index is 11.8. The van der Waals surface area contributed by atoms with E-state index in [2.05, 4.69) is 15.3 Å². The fourth-order valence-electron chi connectivity index (χ4n) is 1.76. The van der Waals surface area contributed by atoms with Gasteiger partial charge in [0.25, 0.3) is 0 Å². The Morgan fingerprint density at radius 2 is 2.35 bits per heavy atom. The van der Waals surface area contributed by atoms with Crippen molar-refractivity contribution in [1.29, 1.82) is 0 Å². The van der Waals surface area contributed by atoms with Gasteiger partial charge in [0.15, 0.2) is 0 Å². The van der Waals surface area contributed by atoms with Gasteiger partial charge in [-0.1, -0.05) is 12.1 Å². The minimum absolute atomic E-state index is 0.160. The van der Waals surface area contributed by atoms with Crippen molar-refractivity contribution in [3.8, 4) is 5.75 Å². The number of nitrogens with zero attached hydrogens (tertiary/aromatic N) is 1. The quantitative estimate of drug-likeness (QED) is 0.820. The number of hydrogen-bond acceptors (Lipinski definition) is 3. The Labute approximate surface area is 117 Å². The number of aromatic nitrogens is 2. The lowest BCUT2D eigenvalue weighted by Crippen LogP contribution is -2.25. The van der Waals surface area contributed by atoms with Gasteiger partial charge in [-0.25, -0.2) is 4.98 Å². The first-order chi connectivity index (χ1) is 9.69. The van der Waals surface area contributed by atoms with E-state index in [1.165, 1.54) is 6.08 Å². The number of methoxy groups -OCH3 is 1. The van der Waals surface area contributed by atoms with Crippen LogP contribution in [0.25, 0.3) is 6.08 Å². The molecule has 0 radical (unpaired) electrons. The van der Waals surface area contributed by atoms with E-state index in [9.17, 15) is 4.79 Å². The minimum Gasteiger partial charge on any atom is -0.497 e. The van der Waals surface area contributed by atoms with Gasteiger partial charge in [-0.05, 0) is 30.7 Å². The average Bonchev–Trinajstić information content (AvgIpc) is 2.99. The van der Waals surface area contributed by atoms with Crippen LogP contribution in [0.1, 0.15) is 24.4 Å². The Bertz CT molecular complexity index is 591. The third-order valence-corrected chi connectivity index (χ3v) is 2.81. The predicted molar refractivity (Wildman–Crippen MR) is 77.2 cm³/mol. The van der Waals surface area contributed by atoms with Crippen LogP contribution in [0.2, 0.25) is 0 Å². The van der Waals surface area contributed by atoms with Crippen LogP contribution >= 0.6 is 0 Å². The highest BCUT2D eigenvalue weighted by Gasteiger charge is 2.08. The average molecular weight is 271 g/mol. The maximum Gasteiger partial charge on any atom is 0.244 e. The molecule has 2 N–H and O–H groups in total. The van der Waals surface area contributed by atoms with E-state index in [0.29, 0.717) is 0 Å². The topological polar surface area (TPSA) is 67.0 Å². The summed E-state index contributed by atoms with van der Waals surface area (Å²) in [5.41, 5.74) is 0.908. The van der Waals surface area contributed by atoms with Crippen LogP contribution in [0.4, 0.5) is 0 Å². The molecule has 0 aliphatic carbocycles. The van der Waals surface area contributed by atoms with Crippen LogP contribution in [0.15, 0.2) is 42.7 Å². The standard InChI is InChI=1S/C15H17N3O2/c1-11(15-16-8-9-17-15)18-14(19)7-6-12-4-3-5-13(10-12)20-2/h3-11H,1-2H3,(H,16,17)(H,18,19)/b7-6+. The van der Waals surface area contributed by atoms with Crippen LogP contribution in [0, 0.1) is 0 Å². The molecule has 0 bridgehead atoms. The number of ether oxygens (including phenoxy) is 1. The van der Waals surface area contributed by atoms with E-state index in [1.807, 2.05) is 31.2 Å². The Morgan fingerprint density at radius 3 is 3.05 bits per heavy atom. The molecule has 5 heteroatoms. The maximum absolute atomic E-state index is 11.8. The number of aromatic amines is 1. The molecule has 1 aromatic carbocycles. The van der Waals surface area contributed by atoms with E-state index >= 15 is 0 Å². The summed E-state index contributed by atoms with van der Waals surface area (Å²) < 4.78 is 5.13. The summed E-state index contributed by atoms with van der Waals surface area (Å²) >= 11 is 0. The number of carbonyl (C=O) groups excluding carboxylic acids is 1. The minimum atomic E-state index is -0.170. The molecule has 0 saturated heterocycles. The Hall–Kier alpha value is -2.56. The molecule has 2 aromatic rings. The van der Waals surface area contributed by atoms with Crippen molar-refractivity contribution in [3.05, 3.63) is 54.1 Å². The van der Waals surface area contributed by atoms with Crippen molar-refractivity contribution in [2.45, 2.75) is 13.0 Å². The molecule has 2 rings (SSSR count). The Balaban J connectivity index is 1.95. The molecule has 5 nitrogen and oxygen atoms in total. The predicted octanol–water partition coefficient (Wildman–Crippen LogP) is 2.31. The van der Waals surface area contributed by atoms with E-state index < -0.39 is 0 Å². The molecule has 0 aliphatic heterocycles. The molecule has 0 aliphatic rings. The fraction of sp³-hybridized carbons (Fsp3) is 0.200. The normalized spacial score (nSPS) is 12.3. The van der Waals surface area contributed by atoms with Gasteiger partial charge in [-0.2, -0.15) is 0 Å². The summed E-state index contributed by atoms with van der Waals surface area (Å²) in [6.45, 7) is 1.87. The number of nitrogens with one attached hydrogen (secondary N) is 2. The number of benzene rings is 1. The first-order valence-corrected chi connectivity index (χ1v) is 6.31. The number of H-pyrrole nitrogens is 1. The molecular weight excluding hydrogens is 254 g/mol. The summed E-state index contributed by atoms with van der Waals surface area (Å²) in [6.07, 6.45) is 6.62. The molecule has 104 valence electrons. The van der Waals surface area contributed by atoms with Gasteiger partial charge >= 0.3 is 0 Å². The molecule has 0 fully saturated rings. The van der Waals surface area contributed by atoms with Gasteiger partial charge < -0.3 is 15.0 Å². The summed E-state index contributed by atoms with van der Waals surface area (Å²) in [6, 6.07) is 7.34. The summed E-state index contributed by atoms with van der Waals surface area (Å²) in [5, 5.41) is 2.83. The third kappa shape index (κ3) is 3.71. The highest BCUT2D eigenvalue weighted by molar-refractivity contribution is 5.91. The zero-order valence-corrected chi connectivity index (χ0v) is 11.5. The van der Waals surface area contributed by atoms with Crippen molar-refractivity contribution in [1.82, 2.24) is 15.3 Å². The van der Waals surface area contributed by atoms with Crippen molar-refractivity contribution < 1.29 is 9.53 Å². The lowest BCUT2D eigenvalue weighted by molar-refractivity contribution is -0.117. The monoisotopic (exact) mass is 271 g/mol. The van der Waals surface area contributed by atoms with Gasteiger partial charge in [-0.3, -0.25) is 4.79 Å². The van der Waals surface area contributed by atoms with Crippen molar-refractivity contribution in [2.24, 2.45) is 0 Å². The molecule has 1 heterocycles. The van der Waals surface area contributed by atoms with E-state index in [0.717, 1.165) is 17.1 Å². The van der Waals surface area contributed by atoms with Crippen LogP contribution in [-0.2, 0) is 4.79 Å². The molecule has 20 heavy (non-hydrogen) atoms. The zero-order chi connectivity index (χ0) is 14.4. The lowest BCUT2D eigenvalue weighted by atomic mass is 10.2. The lowest BCUT2D eigenvalue weighted by Gasteiger charge is -2.09. The molecule has 1 atom stereocenters. The summed E-state index contributed by atoms with van der Waals surface area (Å²) in [5.74, 6) is 1.32. The summed E-state index contributed by atoms with van der Waals surface area (Å²) in [7, 11) is 1.61. The SMILES string of the molecule is COc1cccc(/C=C/C(=O)NC(C)c2ncc[nH]2)c1. The third-order valence-electron chi connectivity index (χ3n) is 2.81. The van der Waals surface area contributed by atoms with E-state index in [-0.39, 0.29) is 11.9 Å². The number of carbonyl (C=O) groups is 1. The first-order valence-electron chi connectivity index (χ1n) is 6.31. The first kappa shape index (κ1) is 13.9. The number of amides is 1. The highest BCUT2D eigenvalue weighted by Crippen LogP contribution is 2.13. The van der Waals surface area contributed by atoms with Crippen LogP contribution in [0.5, 0.6) is 5.75 Å². The smallest absolute Gasteiger partial charge is 0.244 e. The van der Waals surface area contributed by atoms with Crippen LogP contribution in [0.3, 0.4) is 0 Å². The van der Waals surface area contributed by atoms with Gasteiger partial charge in [0.1, 0.15) is 11.6 Å². The second-order valence-electron chi connectivity index (χ2n) is 4.31. The van der Waals surface area contributed by atoms with Crippen molar-refractivity contribution in [2.75, 3.05) is 7.11 Å². The molecule has 1 amide bonds. The van der Waals surface area contributed by atoms with Gasteiger partial charge in [0, 0.05) is 18.5 Å². The highest BCUT2D eigenvalue weighted by atomic mass is 16.5. The van der Waals surface area contributed by atoms with Crippen molar-refractivity contribution >= 4 is 12.0 Å². The van der Waals surface area contributed by atoms with Crippen LogP contribution < -0.4 is 10.1 Å². The number of imidazole rings is 1. The molecule has 0 spiro atoms. The Morgan fingerprint density at radius 1 is 1.50 bits per heavy atom. The molecule has 1 unspecified atom stereocenters. The number of hydrogen-bond donors (Lipinski definition) is 2. The fourth-order valence-corrected chi connectivity index (χ4v) is 1.76. The molecular formula is C15H17N3O2.